The standard InChI is InChI=1S/C20H27N3O2/c1-4-16-9-11-17(12-10-16)23-20(21)22-13-15(2)14-25-19-8-6-5-7-18(19)24-3/h5-12,15H,4,13-14H2,1-3H3,(H3,21,22,23). The number of aryl methyl sites for hydroxylation is 1. The summed E-state index contributed by atoms with van der Waals surface area (Å²) in [5, 5.41) is 3.11. The molecule has 0 aromatic heterocycles. The highest BCUT2D eigenvalue weighted by atomic mass is 16.5. The lowest BCUT2D eigenvalue weighted by molar-refractivity contribution is 0.251. The topological polar surface area (TPSA) is 68.9 Å². The second kappa shape index (κ2) is 9.57. The normalized spacial score (nSPS) is 12.5. The van der Waals surface area contributed by atoms with Crippen LogP contribution in [0.25, 0.3) is 0 Å². The Kier molecular flexibility index (Phi) is 7.14. The van der Waals surface area contributed by atoms with E-state index in [1.54, 1.807) is 7.11 Å². The molecule has 0 heterocycles. The van der Waals surface area contributed by atoms with E-state index < -0.39 is 0 Å². The zero-order valence-electron chi connectivity index (χ0n) is 15.2. The maximum absolute atomic E-state index is 5.96. The highest BCUT2D eigenvalue weighted by Gasteiger charge is 2.07. The first kappa shape index (κ1) is 18.6. The Hall–Kier alpha value is -2.69. The molecule has 134 valence electrons. The number of hydrogen-bond acceptors (Lipinski definition) is 3. The van der Waals surface area contributed by atoms with Crippen LogP contribution in [0.5, 0.6) is 11.5 Å². The zero-order chi connectivity index (χ0) is 18.1. The van der Waals surface area contributed by atoms with Crippen LogP contribution < -0.4 is 20.5 Å². The van der Waals surface area contributed by atoms with Crippen LogP contribution in [0.15, 0.2) is 53.5 Å². The Morgan fingerprint density at radius 1 is 1.12 bits per heavy atom. The molecule has 0 aliphatic rings. The smallest absolute Gasteiger partial charge is 0.193 e. The van der Waals surface area contributed by atoms with Crippen molar-refractivity contribution in [3.8, 4) is 11.5 Å². The van der Waals surface area contributed by atoms with Gasteiger partial charge in [-0.05, 0) is 36.2 Å². The first-order valence-corrected chi connectivity index (χ1v) is 8.54. The maximum atomic E-state index is 5.96. The van der Waals surface area contributed by atoms with Gasteiger partial charge >= 0.3 is 0 Å². The van der Waals surface area contributed by atoms with E-state index in [4.69, 9.17) is 15.2 Å². The molecule has 0 aliphatic heterocycles. The number of methoxy groups -OCH3 is 1. The number of nitrogens with one attached hydrogen (secondary N) is 1. The molecule has 2 aromatic carbocycles. The van der Waals surface area contributed by atoms with Gasteiger partial charge in [0, 0.05) is 18.2 Å². The molecule has 5 heteroatoms. The molecule has 0 radical (unpaired) electrons. The number of para-hydroxylation sites is 2. The molecule has 0 amide bonds. The maximum Gasteiger partial charge on any atom is 0.193 e. The molecule has 0 aliphatic carbocycles. The van der Waals surface area contributed by atoms with Gasteiger partial charge in [0.1, 0.15) is 0 Å². The summed E-state index contributed by atoms with van der Waals surface area (Å²) in [5.41, 5.74) is 8.19. The molecule has 0 spiro atoms. The van der Waals surface area contributed by atoms with Crippen molar-refractivity contribution in [2.24, 2.45) is 16.6 Å². The number of ether oxygens (including phenoxy) is 2. The van der Waals surface area contributed by atoms with Gasteiger partial charge in [0.25, 0.3) is 0 Å². The average molecular weight is 341 g/mol. The first-order valence-electron chi connectivity index (χ1n) is 8.54. The van der Waals surface area contributed by atoms with Crippen LogP contribution in [0.3, 0.4) is 0 Å². The van der Waals surface area contributed by atoms with E-state index in [1.165, 1.54) is 5.56 Å². The molecule has 1 unspecified atom stereocenters. The molecular formula is C20H27N3O2. The van der Waals surface area contributed by atoms with Gasteiger partial charge in [-0.15, -0.1) is 0 Å². The van der Waals surface area contributed by atoms with Gasteiger partial charge in [-0.1, -0.05) is 38.1 Å². The molecule has 2 aromatic rings. The van der Waals surface area contributed by atoms with Crippen molar-refractivity contribution in [1.82, 2.24) is 0 Å². The minimum Gasteiger partial charge on any atom is -0.493 e. The predicted octanol–water partition coefficient (Wildman–Crippen LogP) is 3.70. The van der Waals surface area contributed by atoms with Crippen LogP contribution in [0.1, 0.15) is 19.4 Å². The number of nitrogens with two attached hydrogens (primary N) is 1. The number of hydrogen-bond donors (Lipinski definition) is 2. The van der Waals surface area contributed by atoms with Crippen molar-refractivity contribution in [2.75, 3.05) is 25.6 Å². The molecule has 5 nitrogen and oxygen atoms in total. The molecular weight excluding hydrogens is 314 g/mol. The van der Waals surface area contributed by atoms with Crippen LogP contribution in [0, 0.1) is 5.92 Å². The van der Waals surface area contributed by atoms with E-state index in [2.05, 4.69) is 36.3 Å². The number of aliphatic imine (C=N–C) groups is 1. The second-order valence-corrected chi connectivity index (χ2v) is 5.97. The van der Waals surface area contributed by atoms with E-state index in [0.29, 0.717) is 19.1 Å². The summed E-state index contributed by atoms with van der Waals surface area (Å²) in [7, 11) is 1.63. The first-order chi connectivity index (χ1) is 12.1. The number of guanidine groups is 1. The lowest BCUT2D eigenvalue weighted by Gasteiger charge is -2.14. The molecule has 25 heavy (non-hydrogen) atoms. The fourth-order valence-electron chi connectivity index (χ4n) is 2.29. The van der Waals surface area contributed by atoms with Gasteiger partial charge in [-0.25, -0.2) is 0 Å². The van der Waals surface area contributed by atoms with Crippen LogP contribution in [0.2, 0.25) is 0 Å². The number of nitrogens with zero attached hydrogens (tertiary/aromatic N) is 1. The second-order valence-electron chi connectivity index (χ2n) is 5.97. The Balaban J connectivity index is 1.81. The van der Waals surface area contributed by atoms with Crippen molar-refractivity contribution < 1.29 is 9.47 Å². The highest BCUT2D eigenvalue weighted by Crippen LogP contribution is 2.26. The van der Waals surface area contributed by atoms with Gasteiger partial charge in [0.05, 0.1) is 13.7 Å². The summed E-state index contributed by atoms with van der Waals surface area (Å²) >= 11 is 0. The molecule has 0 saturated carbocycles. The zero-order valence-corrected chi connectivity index (χ0v) is 15.2. The third-order valence-corrected chi connectivity index (χ3v) is 3.80. The van der Waals surface area contributed by atoms with E-state index in [-0.39, 0.29) is 5.92 Å². The van der Waals surface area contributed by atoms with Gasteiger partial charge in [-0.3, -0.25) is 4.99 Å². The average Bonchev–Trinajstić information content (AvgIpc) is 2.65. The van der Waals surface area contributed by atoms with Crippen LogP contribution in [0.4, 0.5) is 5.69 Å². The summed E-state index contributed by atoms with van der Waals surface area (Å²) in [6.45, 7) is 5.33. The molecule has 0 bridgehead atoms. The van der Waals surface area contributed by atoms with E-state index >= 15 is 0 Å². The summed E-state index contributed by atoms with van der Waals surface area (Å²) < 4.78 is 11.1. The summed E-state index contributed by atoms with van der Waals surface area (Å²) in [6, 6.07) is 15.8. The van der Waals surface area contributed by atoms with Crippen LogP contribution in [-0.4, -0.2) is 26.2 Å². The lowest BCUT2D eigenvalue weighted by atomic mass is 10.1. The minimum atomic E-state index is 0.229. The number of rotatable bonds is 8. The predicted molar refractivity (Wildman–Crippen MR) is 104 cm³/mol. The van der Waals surface area contributed by atoms with E-state index in [1.807, 2.05) is 36.4 Å². The molecule has 3 N–H and O–H groups in total. The Bertz CT molecular complexity index is 684. The van der Waals surface area contributed by atoms with Crippen molar-refractivity contribution in [2.45, 2.75) is 20.3 Å². The fourth-order valence-corrected chi connectivity index (χ4v) is 2.29. The third kappa shape index (κ3) is 6.03. The SMILES string of the molecule is CCc1ccc(NC(N)=NCC(C)COc2ccccc2OC)cc1. The van der Waals surface area contributed by atoms with Crippen LogP contribution >= 0.6 is 0 Å². The Labute approximate surface area is 149 Å². The highest BCUT2D eigenvalue weighted by molar-refractivity contribution is 5.92. The number of benzene rings is 2. The summed E-state index contributed by atoms with van der Waals surface area (Å²) in [6.07, 6.45) is 1.02. The third-order valence-electron chi connectivity index (χ3n) is 3.80. The van der Waals surface area contributed by atoms with Gasteiger partial charge in [0.15, 0.2) is 17.5 Å². The van der Waals surface area contributed by atoms with E-state index in [9.17, 15) is 0 Å². The van der Waals surface area contributed by atoms with Crippen LogP contribution in [-0.2, 0) is 6.42 Å². The lowest BCUT2D eigenvalue weighted by Crippen LogP contribution is -2.24. The molecule has 0 saturated heterocycles. The fraction of sp³-hybridized carbons (Fsp3) is 0.350. The summed E-state index contributed by atoms with van der Waals surface area (Å²) in [4.78, 5) is 4.39. The van der Waals surface area contributed by atoms with Gasteiger partial charge < -0.3 is 20.5 Å². The molecule has 1 atom stereocenters. The van der Waals surface area contributed by atoms with Crippen molar-refractivity contribution in [1.29, 1.82) is 0 Å². The minimum absolute atomic E-state index is 0.229. The largest absolute Gasteiger partial charge is 0.493 e. The molecule has 0 fully saturated rings. The quantitative estimate of drug-likeness (QED) is 0.567. The Morgan fingerprint density at radius 3 is 2.44 bits per heavy atom. The Morgan fingerprint density at radius 2 is 1.80 bits per heavy atom. The molecule has 2 rings (SSSR count). The summed E-state index contributed by atoms with van der Waals surface area (Å²) in [5.74, 6) is 2.11. The van der Waals surface area contributed by atoms with Crippen molar-refractivity contribution >= 4 is 11.6 Å². The van der Waals surface area contributed by atoms with Gasteiger partial charge in [0.2, 0.25) is 0 Å². The van der Waals surface area contributed by atoms with Crippen molar-refractivity contribution in [3.63, 3.8) is 0 Å². The van der Waals surface area contributed by atoms with E-state index in [0.717, 1.165) is 23.6 Å². The monoisotopic (exact) mass is 341 g/mol. The van der Waals surface area contributed by atoms with Gasteiger partial charge in [-0.2, -0.15) is 0 Å². The van der Waals surface area contributed by atoms with Crippen molar-refractivity contribution in [3.05, 3.63) is 54.1 Å². The number of anilines is 1.